The van der Waals surface area contributed by atoms with Crippen LogP contribution in [0.1, 0.15) is 26.7 Å². The van der Waals surface area contributed by atoms with Gasteiger partial charge in [-0.3, -0.25) is 4.79 Å². The van der Waals surface area contributed by atoms with Gasteiger partial charge in [-0.1, -0.05) is 11.1 Å². The van der Waals surface area contributed by atoms with Crippen LogP contribution in [0, 0.1) is 23.7 Å². The molecule has 0 saturated heterocycles. The molecule has 0 heterocycles. The molecule has 3 aliphatic rings. The van der Waals surface area contributed by atoms with Gasteiger partial charge in [0.05, 0.1) is 0 Å². The molecule has 3 rings (SSSR count). The van der Waals surface area contributed by atoms with Gasteiger partial charge in [0, 0.05) is 12.3 Å². The van der Waals surface area contributed by atoms with E-state index in [9.17, 15) is 4.79 Å². The van der Waals surface area contributed by atoms with Crippen LogP contribution in [-0.2, 0) is 4.79 Å². The van der Waals surface area contributed by atoms with Crippen molar-refractivity contribution in [2.45, 2.75) is 26.7 Å². The summed E-state index contributed by atoms with van der Waals surface area (Å²) in [5, 5.41) is 0. The Bertz CT molecular complexity index is 296. The number of hydrogen-bond donors (Lipinski definition) is 0. The number of ketones is 1. The van der Waals surface area contributed by atoms with Crippen molar-refractivity contribution in [3.05, 3.63) is 11.1 Å². The number of fused-ring (bicyclic) bond motifs is 1. The Kier molecular flexibility index (Phi) is 1.05. The molecule has 0 N–H and O–H groups in total. The maximum atomic E-state index is 11.4. The topological polar surface area (TPSA) is 17.1 Å². The number of carbonyl (C=O) groups is 1. The van der Waals surface area contributed by atoms with Gasteiger partial charge in [-0.15, -0.1) is 0 Å². The minimum atomic E-state index is 0.449. The maximum Gasteiger partial charge on any atom is 0.136 e. The van der Waals surface area contributed by atoms with Gasteiger partial charge in [0.2, 0.25) is 0 Å². The molecule has 4 unspecified atom stereocenters. The first-order chi connectivity index (χ1) is 5.70. The molecule has 0 bridgehead atoms. The van der Waals surface area contributed by atoms with Crippen molar-refractivity contribution in [1.29, 1.82) is 0 Å². The Labute approximate surface area is 72.8 Å². The van der Waals surface area contributed by atoms with Gasteiger partial charge in [0.15, 0.2) is 0 Å². The lowest BCUT2D eigenvalue weighted by atomic mass is 10.0. The SMILES string of the molecule is CC(C)=C1CC2C(=O)CC3C1C23. The number of rotatable bonds is 0. The molecule has 3 saturated carbocycles. The van der Waals surface area contributed by atoms with Crippen molar-refractivity contribution < 1.29 is 4.79 Å². The van der Waals surface area contributed by atoms with E-state index in [1.165, 1.54) is 5.57 Å². The molecule has 3 aliphatic carbocycles. The Balaban J connectivity index is 2.02. The third-order valence-corrected chi connectivity index (χ3v) is 4.03. The van der Waals surface area contributed by atoms with Gasteiger partial charge in [-0.05, 0) is 38.0 Å². The monoisotopic (exact) mass is 162 g/mol. The minimum absolute atomic E-state index is 0.449. The van der Waals surface area contributed by atoms with Gasteiger partial charge in [0.25, 0.3) is 0 Å². The van der Waals surface area contributed by atoms with Crippen molar-refractivity contribution in [3.8, 4) is 0 Å². The van der Waals surface area contributed by atoms with E-state index in [1.54, 1.807) is 5.57 Å². The highest BCUT2D eigenvalue weighted by Gasteiger charge is 2.67. The summed E-state index contributed by atoms with van der Waals surface area (Å²) in [6, 6.07) is 0. The minimum Gasteiger partial charge on any atom is -0.299 e. The molecule has 0 radical (unpaired) electrons. The fourth-order valence-electron chi connectivity index (χ4n) is 3.46. The van der Waals surface area contributed by atoms with E-state index in [1.807, 2.05) is 0 Å². The highest BCUT2D eigenvalue weighted by atomic mass is 16.1. The summed E-state index contributed by atoms with van der Waals surface area (Å²) in [6.07, 6.45) is 2.00. The summed E-state index contributed by atoms with van der Waals surface area (Å²) < 4.78 is 0. The largest absolute Gasteiger partial charge is 0.299 e. The quantitative estimate of drug-likeness (QED) is 0.499. The van der Waals surface area contributed by atoms with E-state index in [0.717, 1.165) is 30.6 Å². The maximum absolute atomic E-state index is 11.4. The molecule has 0 spiro atoms. The lowest BCUT2D eigenvalue weighted by molar-refractivity contribution is -0.121. The fourth-order valence-corrected chi connectivity index (χ4v) is 3.46. The van der Waals surface area contributed by atoms with Crippen LogP contribution in [0.2, 0.25) is 0 Å². The van der Waals surface area contributed by atoms with Crippen molar-refractivity contribution >= 4 is 5.78 Å². The predicted octanol–water partition coefficient (Wildman–Crippen LogP) is 2.18. The summed E-state index contributed by atoms with van der Waals surface area (Å²) >= 11 is 0. The summed E-state index contributed by atoms with van der Waals surface area (Å²) in [4.78, 5) is 11.4. The van der Waals surface area contributed by atoms with Crippen LogP contribution in [0.4, 0.5) is 0 Å². The lowest BCUT2D eigenvalue weighted by Crippen LogP contribution is -2.06. The third-order valence-electron chi connectivity index (χ3n) is 4.03. The lowest BCUT2D eigenvalue weighted by Gasteiger charge is -2.04. The van der Waals surface area contributed by atoms with E-state index in [2.05, 4.69) is 13.8 Å². The highest BCUT2D eigenvalue weighted by Crippen LogP contribution is 2.69. The molecular weight excluding hydrogens is 148 g/mol. The molecule has 0 aliphatic heterocycles. The average Bonchev–Trinajstić information content (AvgIpc) is 2.47. The van der Waals surface area contributed by atoms with Gasteiger partial charge >= 0.3 is 0 Å². The molecule has 4 atom stereocenters. The average molecular weight is 162 g/mol. The normalized spacial score (nSPS) is 48.2. The van der Waals surface area contributed by atoms with Gasteiger partial charge < -0.3 is 0 Å². The van der Waals surface area contributed by atoms with E-state index in [-0.39, 0.29) is 0 Å². The number of carbonyl (C=O) groups excluding carboxylic acids is 1. The Morgan fingerprint density at radius 2 is 2.08 bits per heavy atom. The van der Waals surface area contributed by atoms with Crippen LogP contribution in [0.15, 0.2) is 11.1 Å². The van der Waals surface area contributed by atoms with Crippen molar-refractivity contribution in [1.82, 2.24) is 0 Å². The van der Waals surface area contributed by atoms with Crippen molar-refractivity contribution in [2.24, 2.45) is 23.7 Å². The van der Waals surface area contributed by atoms with Crippen LogP contribution in [0.5, 0.6) is 0 Å². The molecule has 1 heteroatoms. The molecule has 3 fully saturated rings. The van der Waals surface area contributed by atoms with Crippen LogP contribution in [0.25, 0.3) is 0 Å². The summed E-state index contributed by atoms with van der Waals surface area (Å²) in [5.41, 5.74) is 3.10. The zero-order valence-electron chi connectivity index (χ0n) is 7.63. The Morgan fingerprint density at radius 3 is 2.58 bits per heavy atom. The summed E-state index contributed by atoms with van der Waals surface area (Å²) in [6.45, 7) is 4.39. The number of Topliss-reactive ketones (excluding diaryl/α,β-unsaturated/α-hetero) is 1. The fraction of sp³-hybridized carbons (Fsp3) is 0.727. The van der Waals surface area contributed by atoms with Gasteiger partial charge in [-0.25, -0.2) is 0 Å². The smallest absolute Gasteiger partial charge is 0.136 e. The first-order valence-electron chi connectivity index (χ1n) is 4.89. The molecular formula is C11H14O. The second-order valence-corrected chi connectivity index (χ2v) is 4.77. The summed E-state index contributed by atoms with van der Waals surface area (Å²) in [7, 11) is 0. The van der Waals surface area contributed by atoms with Crippen molar-refractivity contribution in [3.63, 3.8) is 0 Å². The van der Waals surface area contributed by atoms with Gasteiger partial charge in [-0.2, -0.15) is 0 Å². The van der Waals surface area contributed by atoms with E-state index in [4.69, 9.17) is 0 Å². The predicted molar refractivity (Wildman–Crippen MR) is 46.6 cm³/mol. The molecule has 12 heavy (non-hydrogen) atoms. The molecule has 0 aromatic carbocycles. The zero-order chi connectivity index (χ0) is 8.46. The first-order valence-corrected chi connectivity index (χ1v) is 4.89. The third kappa shape index (κ3) is 0.596. The van der Waals surface area contributed by atoms with Crippen molar-refractivity contribution in [2.75, 3.05) is 0 Å². The van der Waals surface area contributed by atoms with Crippen LogP contribution >= 0.6 is 0 Å². The van der Waals surface area contributed by atoms with E-state index >= 15 is 0 Å². The number of hydrogen-bond acceptors (Lipinski definition) is 1. The van der Waals surface area contributed by atoms with E-state index in [0.29, 0.717) is 11.7 Å². The first kappa shape index (κ1) is 6.88. The van der Waals surface area contributed by atoms with Gasteiger partial charge in [0.1, 0.15) is 5.78 Å². The molecule has 64 valence electrons. The standard InChI is InChI=1S/C11H14O/c1-5(2)6-3-7-9(12)4-8-10(6)11(7)8/h7-8,10-11H,3-4H2,1-2H3. The molecule has 0 amide bonds. The molecule has 0 aromatic heterocycles. The highest BCUT2D eigenvalue weighted by molar-refractivity contribution is 5.87. The van der Waals surface area contributed by atoms with Crippen LogP contribution in [-0.4, -0.2) is 5.78 Å². The molecule has 0 aromatic rings. The second-order valence-electron chi connectivity index (χ2n) is 4.77. The summed E-state index contributed by atoms with van der Waals surface area (Å²) in [5.74, 6) is 3.42. The Hall–Kier alpha value is -0.590. The Morgan fingerprint density at radius 1 is 1.33 bits per heavy atom. The van der Waals surface area contributed by atoms with Crippen LogP contribution < -0.4 is 0 Å². The van der Waals surface area contributed by atoms with Crippen LogP contribution in [0.3, 0.4) is 0 Å². The van der Waals surface area contributed by atoms with E-state index < -0.39 is 0 Å². The second kappa shape index (κ2) is 1.84. The number of allylic oxidation sites excluding steroid dienone is 2. The zero-order valence-corrected chi connectivity index (χ0v) is 7.63. The molecule has 1 nitrogen and oxygen atoms in total.